The van der Waals surface area contributed by atoms with E-state index in [0.717, 1.165) is 55.7 Å². The summed E-state index contributed by atoms with van der Waals surface area (Å²) < 4.78 is 6.86. The van der Waals surface area contributed by atoms with Crippen LogP contribution in [0.2, 0.25) is 0 Å². The van der Waals surface area contributed by atoms with Crippen molar-refractivity contribution in [2.45, 2.75) is 19.3 Å². The minimum atomic E-state index is -0.150. The van der Waals surface area contributed by atoms with E-state index in [0.29, 0.717) is 0 Å². The molecule has 298 valence electrons. The van der Waals surface area contributed by atoms with Gasteiger partial charge in [0.15, 0.2) is 0 Å². The molecular weight excluding hydrogens is 763 g/mol. The predicted octanol–water partition coefficient (Wildman–Crippen LogP) is 17.2. The van der Waals surface area contributed by atoms with Crippen molar-refractivity contribution in [2.24, 2.45) is 0 Å². The van der Waals surface area contributed by atoms with Crippen molar-refractivity contribution >= 4 is 49.8 Å². The molecule has 0 unspecified atom stereocenters. The molecule has 0 aliphatic heterocycles. The number of benzene rings is 10. The number of fused-ring (bicyclic) bond motifs is 7. The van der Waals surface area contributed by atoms with Crippen LogP contribution in [0, 0.1) is 0 Å². The molecule has 0 atom stereocenters. The quantitative estimate of drug-likeness (QED) is 0.160. The number of nitrogens with zero attached hydrogens (tertiary/aromatic N) is 1. The Balaban J connectivity index is 1.05. The normalized spacial score (nSPS) is 12.7. The van der Waals surface area contributed by atoms with Gasteiger partial charge in [0, 0.05) is 38.6 Å². The largest absolute Gasteiger partial charge is 0.455 e. The summed E-state index contributed by atoms with van der Waals surface area (Å²) in [5, 5.41) is 4.62. The third kappa shape index (κ3) is 6.02. The van der Waals surface area contributed by atoms with Gasteiger partial charge in [-0.1, -0.05) is 196 Å². The molecule has 0 bridgehead atoms. The van der Waals surface area contributed by atoms with Crippen LogP contribution in [0.1, 0.15) is 25.0 Å². The predicted molar refractivity (Wildman–Crippen MR) is 265 cm³/mol. The van der Waals surface area contributed by atoms with Crippen LogP contribution >= 0.6 is 0 Å². The Morgan fingerprint density at radius 1 is 0.365 bits per heavy atom. The van der Waals surface area contributed by atoms with Crippen molar-refractivity contribution in [3.63, 3.8) is 0 Å². The molecule has 0 spiro atoms. The van der Waals surface area contributed by atoms with Gasteiger partial charge in [-0.05, 0) is 103 Å². The minimum Gasteiger partial charge on any atom is -0.455 e. The summed E-state index contributed by atoms with van der Waals surface area (Å²) in [7, 11) is 0. The highest BCUT2D eigenvalue weighted by atomic mass is 16.3. The van der Waals surface area contributed by atoms with Gasteiger partial charge in [-0.15, -0.1) is 0 Å². The molecule has 1 aliphatic carbocycles. The van der Waals surface area contributed by atoms with Crippen LogP contribution in [0.15, 0.2) is 229 Å². The van der Waals surface area contributed by atoms with Crippen LogP contribution in [0.3, 0.4) is 0 Å². The monoisotopic (exact) mass is 805 g/mol. The smallest absolute Gasteiger partial charge is 0.143 e. The number of anilines is 3. The molecule has 0 radical (unpaired) electrons. The second-order valence-corrected chi connectivity index (χ2v) is 17.2. The van der Waals surface area contributed by atoms with E-state index in [1.54, 1.807) is 0 Å². The molecule has 63 heavy (non-hydrogen) atoms. The van der Waals surface area contributed by atoms with Gasteiger partial charge >= 0.3 is 0 Å². The average Bonchev–Trinajstić information content (AvgIpc) is 3.83. The highest BCUT2D eigenvalue weighted by molar-refractivity contribution is 6.14. The van der Waals surface area contributed by atoms with Crippen LogP contribution < -0.4 is 4.90 Å². The molecule has 1 aromatic heterocycles. The zero-order valence-corrected chi connectivity index (χ0v) is 35.2. The topological polar surface area (TPSA) is 16.4 Å². The molecule has 1 aliphatic rings. The van der Waals surface area contributed by atoms with E-state index in [1.165, 1.54) is 60.8 Å². The fourth-order valence-electron chi connectivity index (χ4n) is 10.2. The molecule has 2 nitrogen and oxygen atoms in total. The van der Waals surface area contributed by atoms with Crippen LogP contribution in [-0.4, -0.2) is 0 Å². The molecule has 0 fully saturated rings. The molecule has 0 amide bonds. The summed E-state index contributed by atoms with van der Waals surface area (Å²) in [5.74, 6) is 0. The SMILES string of the molecule is CC1(C)c2ccccc2-c2c(N(c3ccc(-c4ccc(-c5ccccc5)c(-c5ccccc5)c4)cc3)c3ccccc3-c3cccc4c3oc3cc5ccccc5cc34)cccc21. The Labute approximate surface area is 368 Å². The van der Waals surface area contributed by atoms with Crippen LogP contribution in [0.4, 0.5) is 17.1 Å². The lowest BCUT2D eigenvalue weighted by molar-refractivity contribution is 0.660. The van der Waals surface area contributed by atoms with E-state index in [-0.39, 0.29) is 5.41 Å². The summed E-state index contributed by atoms with van der Waals surface area (Å²) in [6.07, 6.45) is 0. The van der Waals surface area contributed by atoms with E-state index in [9.17, 15) is 0 Å². The Kier molecular flexibility index (Phi) is 8.55. The van der Waals surface area contributed by atoms with E-state index in [1.807, 2.05) is 0 Å². The fourth-order valence-corrected chi connectivity index (χ4v) is 10.2. The van der Waals surface area contributed by atoms with Gasteiger partial charge in [0.2, 0.25) is 0 Å². The first kappa shape index (κ1) is 36.9. The molecule has 1 heterocycles. The maximum atomic E-state index is 6.86. The first-order valence-electron chi connectivity index (χ1n) is 21.8. The highest BCUT2D eigenvalue weighted by Gasteiger charge is 2.38. The molecule has 2 heteroatoms. The minimum absolute atomic E-state index is 0.150. The Bertz CT molecular complexity index is 3520. The average molecular weight is 806 g/mol. The van der Waals surface area contributed by atoms with Gasteiger partial charge in [-0.25, -0.2) is 0 Å². The summed E-state index contributed by atoms with van der Waals surface area (Å²) >= 11 is 0. The third-order valence-corrected chi connectivity index (χ3v) is 13.3. The lowest BCUT2D eigenvalue weighted by Gasteiger charge is -2.30. The zero-order valence-electron chi connectivity index (χ0n) is 35.2. The standard InChI is InChI=1S/C61H43NO/c1-61(2)54-27-13-11-24-51(54)59-55(61)28-16-30-57(59)62(46-34-31-40(32-35-46)45-33-36-47(41-17-5-3-6-18-41)52(37-45)42-19-7-4-8-20-42)56-29-14-12-23-48(56)49-25-15-26-50-53-38-43-21-9-10-22-44(43)39-58(53)63-60(49)50/h3-39H,1-2H3. The number of para-hydroxylation sites is 2. The maximum Gasteiger partial charge on any atom is 0.143 e. The fraction of sp³-hybridized carbons (Fsp3) is 0.0492. The molecule has 0 saturated heterocycles. The van der Waals surface area contributed by atoms with E-state index >= 15 is 0 Å². The van der Waals surface area contributed by atoms with Gasteiger partial charge in [0.1, 0.15) is 11.2 Å². The van der Waals surface area contributed by atoms with Crippen LogP contribution in [0.25, 0.3) is 88.3 Å². The molecule has 11 aromatic rings. The maximum absolute atomic E-state index is 6.86. The van der Waals surface area contributed by atoms with Gasteiger partial charge in [-0.3, -0.25) is 0 Å². The highest BCUT2D eigenvalue weighted by Crippen LogP contribution is 2.55. The summed E-state index contributed by atoms with van der Waals surface area (Å²) in [4.78, 5) is 2.47. The van der Waals surface area contributed by atoms with Crippen molar-refractivity contribution in [3.8, 4) is 55.6 Å². The van der Waals surface area contributed by atoms with Gasteiger partial charge < -0.3 is 9.32 Å². The van der Waals surface area contributed by atoms with Crippen molar-refractivity contribution in [1.29, 1.82) is 0 Å². The zero-order chi connectivity index (χ0) is 42.1. The van der Waals surface area contributed by atoms with E-state index in [2.05, 4.69) is 243 Å². The first-order valence-corrected chi connectivity index (χ1v) is 21.8. The van der Waals surface area contributed by atoms with Crippen LogP contribution in [-0.2, 0) is 5.41 Å². The van der Waals surface area contributed by atoms with Crippen molar-refractivity contribution < 1.29 is 4.42 Å². The second-order valence-electron chi connectivity index (χ2n) is 17.2. The molecule has 0 N–H and O–H groups in total. The summed E-state index contributed by atoms with van der Waals surface area (Å²) in [6.45, 7) is 4.71. The Morgan fingerprint density at radius 2 is 0.952 bits per heavy atom. The number of rotatable bonds is 7. The van der Waals surface area contributed by atoms with Gasteiger partial charge in [-0.2, -0.15) is 0 Å². The number of hydrogen-bond acceptors (Lipinski definition) is 2. The van der Waals surface area contributed by atoms with Crippen LogP contribution in [0.5, 0.6) is 0 Å². The van der Waals surface area contributed by atoms with E-state index < -0.39 is 0 Å². The van der Waals surface area contributed by atoms with Crippen molar-refractivity contribution in [2.75, 3.05) is 4.90 Å². The van der Waals surface area contributed by atoms with Gasteiger partial charge in [0.25, 0.3) is 0 Å². The summed E-state index contributed by atoms with van der Waals surface area (Å²) in [6, 6.07) is 81.6. The molecule has 10 aromatic carbocycles. The summed E-state index contributed by atoms with van der Waals surface area (Å²) in [5.41, 5.74) is 19.5. The lowest BCUT2D eigenvalue weighted by atomic mass is 9.82. The second kappa shape index (κ2) is 14.6. The molecule has 0 saturated carbocycles. The lowest BCUT2D eigenvalue weighted by Crippen LogP contribution is -2.16. The molecular formula is C61H43NO. The first-order chi connectivity index (χ1) is 31.0. The Morgan fingerprint density at radius 3 is 1.73 bits per heavy atom. The Hall–Kier alpha value is -7.94. The van der Waals surface area contributed by atoms with Gasteiger partial charge in [0.05, 0.1) is 11.4 Å². The third-order valence-electron chi connectivity index (χ3n) is 13.3. The van der Waals surface area contributed by atoms with Crippen molar-refractivity contribution in [1.82, 2.24) is 0 Å². The van der Waals surface area contributed by atoms with Crippen molar-refractivity contribution in [3.05, 3.63) is 236 Å². The van der Waals surface area contributed by atoms with E-state index in [4.69, 9.17) is 4.42 Å². The number of furan rings is 1. The number of hydrogen-bond donors (Lipinski definition) is 0. The molecule has 12 rings (SSSR count).